The van der Waals surface area contributed by atoms with Gasteiger partial charge in [-0.1, -0.05) is 178 Å². The minimum Gasteiger partial charge on any atom is -0.456 e. The van der Waals surface area contributed by atoms with Crippen molar-refractivity contribution in [1.29, 1.82) is 0 Å². The molecule has 4 nitrogen and oxygen atoms in total. The van der Waals surface area contributed by atoms with E-state index in [0.29, 0.717) is 0 Å². The number of hydrogen-bond acceptors (Lipinski definition) is 2. The normalized spacial score (nSPS) is 14.3. The third kappa shape index (κ3) is 6.05. The molecule has 17 rings (SSSR count). The second-order valence-corrected chi connectivity index (χ2v) is 22.0. The van der Waals surface area contributed by atoms with Crippen LogP contribution in [0.2, 0.25) is 0 Å². The summed E-state index contributed by atoms with van der Waals surface area (Å²) in [6.07, 6.45) is 0. The van der Waals surface area contributed by atoms with E-state index in [9.17, 15) is 0 Å². The topological polar surface area (TPSA) is 26.2 Å². The Labute approximate surface area is 450 Å². The molecule has 2 aliphatic carbocycles. The molecule has 1 unspecified atom stereocenters. The molecule has 0 amide bonds. The number of para-hydroxylation sites is 4. The molecule has 3 aromatic heterocycles. The van der Waals surface area contributed by atoms with E-state index in [1.807, 2.05) is 0 Å². The lowest BCUT2D eigenvalue weighted by atomic mass is 9.80. The van der Waals surface area contributed by atoms with Gasteiger partial charge in [0.25, 0.3) is 0 Å². The molecule has 0 radical (unpaired) electrons. The number of aromatic nitrogens is 2. The van der Waals surface area contributed by atoms with Crippen molar-refractivity contribution in [2.75, 3.05) is 4.90 Å². The fraction of sp³-hybridized carbons (Fsp3) is 0.0541. The third-order valence-electron chi connectivity index (χ3n) is 17.6. The summed E-state index contributed by atoms with van der Waals surface area (Å²) in [5, 5.41) is 9.54. The second kappa shape index (κ2) is 16.1. The van der Waals surface area contributed by atoms with Gasteiger partial charge in [-0.25, -0.2) is 0 Å². The molecular weight excluding hydrogens is 947 g/mol. The molecule has 0 saturated heterocycles. The van der Waals surface area contributed by atoms with Crippen LogP contribution in [0.1, 0.15) is 47.6 Å². The zero-order chi connectivity index (χ0) is 51.4. The number of rotatable bonds is 6. The lowest BCUT2D eigenvalue weighted by Crippen LogP contribution is -2.15. The zero-order valence-electron chi connectivity index (χ0n) is 43.1. The first-order valence-electron chi connectivity index (χ1n) is 27.2. The predicted octanol–water partition coefficient (Wildman–Crippen LogP) is 19.9. The van der Waals surface area contributed by atoms with Crippen LogP contribution in [-0.2, 0) is 5.41 Å². The number of benzene rings is 12. The molecule has 78 heavy (non-hydrogen) atoms. The van der Waals surface area contributed by atoms with Crippen LogP contribution < -0.4 is 4.90 Å². The van der Waals surface area contributed by atoms with Gasteiger partial charge < -0.3 is 18.5 Å². The summed E-state index contributed by atoms with van der Waals surface area (Å²) in [6.45, 7) is 4.78. The van der Waals surface area contributed by atoms with Crippen LogP contribution in [0, 0.1) is 0 Å². The quantitative estimate of drug-likeness (QED) is 0.166. The van der Waals surface area contributed by atoms with Crippen LogP contribution in [0.3, 0.4) is 0 Å². The number of furan rings is 1. The summed E-state index contributed by atoms with van der Waals surface area (Å²) in [7, 11) is 0. The average Bonchev–Trinajstić information content (AvgIpc) is 4.43. The third-order valence-corrected chi connectivity index (χ3v) is 17.6. The van der Waals surface area contributed by atoms with Gasteiger partial charge in [0, 0.05) is 77.9 Å². The van der Waals surface area contributed by atoms with E-state index in [2.05, 4.69) is 283 Å². The molecule has 0 bridgehead atoms. The Bertz CT molecular complexity index is 4930. The largest absolute Gasteiger partial charge is 0.456 e. The van der Waals surface area contributed by atoms with Crippen molar-refractivity contribution in [2.45, 2.75) is 25.2 Å². The van der Waals surface area contributed by atoms with Crippen molar-refractivity contribution in [3.63, 3.8) is 0 Å². The zero-order valence-corrected chi connectivity index (χ0v) is 43.1. The number of nitrogens with zero attached hydrogens (tertiary/aromatic N) is 3. The van der Waals surface area contributed by atoms with Crippen molar-refractivity contribution in [3.8, 4) is 33.6 Å². The Hall–Kier alpha value is -9.90. The number of anilines is 3. The molecule has 0 aliphatic heterocycles. The molecular formula is C74H49N3O. The van der Waals surface area contributed by atoms with Gasteiger partial charge >= 0.3 is 0 Å². The Balaban J connectivity index is 0.856. The van der Waals surface area contributed by atoms with Crippen LogP contribution in [0.4, 0.5) is 17.1 Å². The van der Waals surface area contributed by atoms with E-state index in [1.54, 1.807) is 0 Å². The van der Waals surface area contributed by atoms with E-state index in [0.717, 1.165) is 44.7 Å². The average molecular weight is 996 g/mol. The van der Waals surface area contributed by atoms with Crippen molar-refractivity contribution >= 4 is 93.4 Å². The monoisotopic (exact) mass is 995 g/mol. The maximum Gasteiger partial charge on any atom is 0.137 e. The molecule has 0 spiro atoms. The Morgan fingerprint density at radius 2 is 0.923 bits per heavy atom. The molecule has 2 aliphatic rings. The van der Waals surface area contributed by atoms with E-state index < -0.39 is 0 Å². The molecule has 1 atom stereocenters. The van der Waals surface area contributed by atoms with E-state index in [4.69, 9.17) is 4.42 Å². The van der Waals surface area contributed by atoms with Crippen LogP contribution in [0.25, 0.3) is 110 Å². The van der Waals surface area contributed by atoms with E-state index in [-0.39, 0.29) is 11.3 Å². The second-order valence-electron chi connectivity index (χ2n) is 22.0. The van der Waals surface area contributed by atoms with Gasteiger partial charge in [-0.05, 0) is 140 Å². The summed E-state index contributed by atoms with van der Waals surface area (Å²) in [5.74, 6) is 0.00830. The van der Waals surface area contributed by atoms with Crippen molar-refractivity contribution in [2.24, 2.45) is 0 Å². The maximum absolute atomic E-state index is 6.79. The van der Waals surface area contributed by atoms with Gasteiger partial charge in [-0.3, -0.25) is 0 Å². The van der Waals surface area contributed by atoms with Crippen LogP contribution in [-0.4, -0.2) is 9.13 Å². The summed E-state index contributed by atoms with van der Waals surface area (Å²) in [4.78, 5) is 2.46. The first-order valence-corrected chi connectivity index (χ1v) is 27.2. The lowest BCUT2D eigenvalue weighted by Gasteiger charge is -2.28. The van der Waals surface area contributed by atoms with E-state index >= 15 is 0 Å². The summed E-state index contributed by atoms with van der Waals surface area (Å²) in [6, 6.07) is 94.6. The SMILES string of the molecule is CC1(C)c2ccccc2-c2ccc(C3c4ccc(N(c5ccc6oc7cc(-n8c9ccccc9c9ccccc98)ccc7c6c5)c5cccc6ccccc56)cc4-c4ccc(-n5c6ccccc6c6ccccc65)cc43)cc21. The summed E-state index contributed by atoms with van der Waals surface area (Å²) >= 11 is 0. The smallest absolute Gasteiger partial charge is 0.137 e. The minimum atomic E-state index is -0.129. The Morgan fingerprint density at radius 1 is 0.359 bits per heavy atom. The first-order chi connectivity index (χ1) is 38.4. The molecule has 366 valence electrons. The van der Waals surface area contributed by atoms with Gasteiger partial charge in [0.2, 0.25) is 0 Å². The van der Waals surface area contributed by atoms with Gasteiger partial charge in [-0.15, -0.1) is 0 Å². The van der Waals surface area contributed by atoms with Crippen LogP contribution in [0.15, 0.2) is 259 Å². The Morgan fingerprint density at radius 3 is 1.64 bits per heavy atom. The first kappa shape index (κ1) is 43.4. The number of fused-ring (bicyclic) bond motifs is 16. The highest BCUT2D eigenvalue weighted by Crippen LogP contribution is 2.55. The van der Waals surface area contributed by atoms with Crippen molar-refractivity contribution in [1.82, 2.24) is 9.13 Å². The molecule has 0 N–H and O–H groups in total. The fourth-order valence-corrected chi connectivity index (χ4v) is 14.0. The van der Waals surface area contributed by atoms with E-state index in [1.165, 1.54) is 110 Å². The lowest BCUT2D eigenvalue weighted by molar-refractivity contribution is 0.659. The number of hydrogen-bond donors (Lipinski definition) is 0. The highest BCUT2D eigenvalue weighted by Gasteiger charge is 2.38. The maximum atomic E-state index is 6.79. The molecule has 0 fully saturated rings. The van der Waals surface area contributed by atoms with Gasteiger partial charge in [-0.2, -0.15) is 0 Å². The van der Waals surface area contributed by atoms with Crippen LogP contribution in [0.5, 0.6) is 0 Å². The van der Waals surface area contributed by atoms with Crippen molar-refractivity contribution in [3.05, 3.63) is 283 Å². The van der Waals surface area contributed by atoms with Gasteiger partial charge in [0.1, 0.15) is 11.2 Å². The molecule has 3 heterocycles. The molecule has 12 aromatic carbocycles. The molecule has 4 heteroatoms. The van der Waals surface area contributed by atoms with Crippen LogP contribution >= 0.6 is 0 Å². The van der Waals surface area contributed by atoms with Gasteiger partial charge in [0.15, 0.2) is 0 Å². The highest BCUT2D eigenvalue weighted by molar-refractivity contribution is 6.12. The Kier molecular flexibility index (Phi) is 8.93. The van der Waals surface area contributed by atoms with Crippen molar-refractivity contribution < 1.29 is 4.42 Å². The standard InChI is InChI=1S/C74H49N3O/c1-74(2)64-24-10-5-19-53(64)54-35-30-46(40-65(54)74)73-60-38-33-47(41-61(60)52-36-31-49(43-63(52)73)76-67-25-11-6-20-55(67)56-21-7-12-26-68(56)76)75(66-29-15-17-45-16-3-4-18-51(45)66)48-34-39-71-62(42-48)59-37-32-50(44-72(59)78-71)77-69-27-13-8-22-57(69)58-23-9-14-28-70(58)77/h3-44,73H,1-2H3. The summed E-state index contributed by atoms with van der Waals surface area (Å²) < 4.78 is 11.6. The fourth-order valence-electron chi connectivity index (χ4n) is 14.0. The minimum absolute atomic E-state index is 0.00830. The van der Waals surface area contributed by atoms with Gasteiger partial charge in [0.05, 0.1) is 27.8 Å². The molecule has 0 saturated carbocycles. The predicted molar refractivity (Wildman–Crippen MR) is 325 cm³/mol. The highest BCUT2D eigenvalue weighted by atomic mass is 16.3. The molecule has 15 aromatic rings. The summed E-state index contributed by atoms with van der Waals surface area (Å²) in [5.41, 5.74) is 23.8.